The van der Waals surface area contributed by atoms with Crippen molar-refractivity contribution >= 4 is 21.9 Å². The van der Waals surface area contributed by atoms with E-state index >= 15 is 0 Å². The summed E-state index contributed by atoms with van der Waals surface area (Å²) < 4.78 is 33.0. The maximum Gasteiger partial charge on any atom is 0.342 e. The molecule has 3 N–H and O–H groups in total. The Bertz CT molecular complexity index is 960. The standard InChI is InChI=1S/C20H24N2O6S/c1-14(8-9-15-6-4-3-5-7-15)22-19(23)13-28-20(24)17-12-16(29(21,25)26)10-11-18(17)27-2/h3-7,10-12,14H,8-9,13H2,1-2H3,(H,22,23)(H2,21,25,26)/t14-/m0/s1. The van der Waals surface area contributed by atoms with Crippen molar-refractivity contribution in [2.24, 2.45) is 5.14 Å². The summed E-state index contributed by atoms with van der Waals surface area (Å²) in [4.78, 5) is 24.1. The van der Waals surface area contributed by atoms with E-state index in [9.17, 15) is 18.0 Å². The summed E-state index contributed by atoms with van der Waals surface area (Å²) in [7, 11) is -2.68. The third kappa shape index (κ3) is 6.88. The third-order valence-corrected chi connectivity index (χ3v) is 5.08. The molecule has 1 atom stereocenters. The van der Waals surface area contributed by atoms with Gasteiger partial charge in [-0.3, -0.25) is 4.79 Å². The maximum atomic E-state index is 12.3. The van der Waals surface area contributed by atoms with E-state index in [0.29, 0.717) is 0 Å². The average molecular weight is 420 g/mol. The van der Waals surface area contributed by atoms with Crippen LogP contribution >= 0.6 is 0 Å². The first kappa shape index (κ1) is 22.4. The predicted octanol–water partition coefficient (Wildman–Crippen LogP) is 1.64. The van der Waals surface area contributed by atoms with Crippen LogP contribution in [0.1, 0.15) is 29.3 Å². The van der Waals surface area contributed by atoms with Gasteiger partial charge >= 0.3 is 5.97 Å². The lowest BCUT2D eigenvalue weighted by Gasteiger charge is -2.14. The fraction of sp³-hybridized carbons (Fsp3) is 0.300. The van der Waals surface area contributed by atoms with Crippen LogP contribution in [-0.4, -0.2) is 40.1 Å². The number of aryl methyl sites for hydroxylation is 1. The third-order valence-electron chi connectivity index (χ3n) is 4.17. The Balaban J connectivity index is 1.90. The molecule has 0 aliphatic heterocycles. The van der Waals surface area contributed by atoms with Crippen molar-refractivity contribution in [3.63, 3.8) is 0 Å². The molecular formula is C20H24N2O6S. The summed E-state index contributed by atoms with van der Waals surface area (Å²) in [5, 5.41) is 7.84. The minimum atomic E-state index is -4.00. The van der Waals surface area contributed by atoms with Gasteiger partial charge in [-0.1, -0.05) is 30.3 Å². The highest BCUT2D eigenvalue weighted by molar-refractivity contribution is 7.89. The van der Waals surface area contributed by atoms with Crippen LogP contribution in [-0.2, 0) is 26.0 Å². The van der Waals surface area contributed by atoms with E-state index in [-0.39, 0.29) is 22.3 Å². The average Bonchev–Trinajstić information content (AvgIpc) is 2.70. The Hall–Kier alpha value is -2.91. The lowest BCUT2D eigenvalue weighted by molar-refractivity contribution is -0.124. The Morgan fingerprint density at radius 2 is 1.83 bits per heavy atom. The van der Waals surface area contributed by atoms with Crippen LogP contribution in [0.25, 0.3) is 0 Å². The molecule has 0 aliphatic rings. The molecule has 29 heavy (non-hydrogen) atoms. The van der Waals surface area contributed by atoms with E-state index < -0.39 is 28.5 Å². The Labute approximate surface area is 170 Å². The fourth-order valence-electron chi connectivity index (χ4n) is 2.65. The van der Waals surface area contributed by atoms with Crippen LogP contribution in [0.4, 0.5) is 0 Å². The lowest BCUT2D eigenvalue weighted by atomic mass is 10.1. The normalized spacial score (nSPS) is 12.1. The van der Waals surface area contributed by atoms with Gasteiger partial charge in [0.05, 0.1) is 12.0 Å². The molecule has 1 amide bonds. The number of esters is 1. The van der Waals surface area contributed by atoms with Crippen molar-refractivity contribution in [2.45, 2.75) is 30.7 Å². The van der Waals surface area contributed by atoms with Gasteiger partial charge in [-0.25, -0.2) is 18.4 Å². The van der Waals surface area contributed by atoms with Crippen molar-refractivity contribution < 1.29 is 27.5 Å². The highest BCUT2D eigenvalue weighted by atomic mass is 32.2. The monoisotopic (exact) mass is 420 g/mol. The molecule has 0 saturated heterocycles. The first-order valence-corrected chi connectivity index (χ1v) is 10.5. The smallest absolute Gasteiger partial charge is 0.342 e. The fourth-order valence-corrected chi connectivity index (χ4v) is 3.19. The van der Waals surface area contributed by atoms with E-state index in [1.165, 1.54) is 24.8 Å². The molecule has 156 valence electrons. The second kappa shape index (κ2) is 10.0. The molecule has 0 saturated carbocycles. The summed E-state index contributed by atoms with van der Waals surface area (Å²) in [6.45, 7) is 1.36. The molecule has 0 spiro atoms. The molecule has 9 heteroatoms. The van der Waals surface area contributed by atoms with Crippen LogP contribution in [0.5, 0.6) is 5.75 Å². The second-order valence-electron chi connectivity index (χ2n) is 6.48. The number of benzene rings is 2. The molecule has 0 heterocycles. The Morgan fingerprint density at radius 3 is 2.45 bits per heavy atom. The van der Waals surface area contributed by atoms with Crippen LogP contribution in [0.15, 0.2) is 53.4 Å². The minimum Gasteiger partial charge on any atom is -0.496 e. The Morgan fingerprint density at radius 1 is 1.14 bits per heavy atom. The number of nitrogens with one attached hydrogen (secondary N) is 1. The van der Waals surface area contributed by atoms with Gasteiger partial charge in [-0.05, 0) is 43.5 Å². The van der Waals surface area contributed by atoms with Crippen molar-refractivity contribution in [1.29, 1.82) is 0 Å². The molecule has 0 radical (unpaired) electrons. The first-order chi connectivity index (χ1) is 13.7. The van der Waals surface area contributed by atoms with Gasteiger partial charge in [0.2, 0.25) is 10.0 Å². The molecule has 0 aromatic heterocycles. The Kier molecular flexibility index (Phi) is 7.74. The number of carbonyl (C=O) groups excluding carboxylic acids is 2. The van der Waals surface area contributed by atoms with Gasteiger partial charge < -0.3 is 14.8 Å². The van der Waals surface area contributed by atoms with Crippen molar-refractivity contribution in [2.75, 3.05) is 13.7 Å². The largest absolute Gasteiger partial charge is 0.496 e. The van der Waals surface area contributed by atoms with Crippen molar-refractivity contribution in [3.05, 3.63) is 59.7 Å². The number of amides is 1. The molecule has 0 unspecified atom stereocenters. The van der Waals surface area contributed by atoms with E-state index in [1.807, 2.05) is 37.3 Å². The SMILES string of the molecule is COc1ccc(S(N)(=O)=O)cc1C(=O)OCC(=O)N[C@@H](C)CCc1ccccc1. The summed E-state index contributed by atoms with van der Waals surface area (Å²) in [5.41, 5.74) is 1.03. The van der Waals surface area contributed by atoms with Gasteiger partial charge in [0.15, 0.2) is 6.61 Å². The highest BCUT2D eigenvalue weighted by Crippen LogP contribution is 2.22. The number of hydrogen-bond acceptors (Lipinski definition) is 6. The molecule has 8 nitrogen and oxygen atoms in total. The van der Waals surface area contributed by atoms with Gasteiger partial charge in [0.1, 0.15) is 11.3 Å². The van der Waals surface area contributed by atoms with Gasteiger partial charge in [0, 0.05) is 6.04 Å². The minimum absolute atomic E-state index is 0.110. The predicted molar refractivity (Wildman–Crippen MR) is 107 cm³/mol. The molecule has 0 bridgehead atoms. The lowest BCUT2D eigenvalue weighted by Crippen LogP contribution is -2.36. The summed E-state index contributed by atoms with van der Waals surface area (Å²) in [6, 6.07) is 13.3. The van der Waals surface area contributed by atoms with E-state index in [0.717, 1.165) is 18.9 Å². The summed E-state index contributed by atoms with van der Waals surface area (Å²) in [6.07, 6.45) is 1.54. The summed E-state index contributed by atoms with van der Waals surface area (Å²) >= 11 is 0. The molecule has 0 aliphatic carbocycles. The first-order valence-electron chi connectivity index (χ1n) is 8.92. The second-order valence-corrected chi connectivity index (χ2v) is 8.04. The topological polar surface area (TPSA) is 125 Å². The molecular weight excluding hydrogens is 396 g/mol. The van der Waals surface area contributed by atoms with Gasteiger partial charge in [-0.2, -0.15) is 0 Å². The number of methoxy groups -OCH3 is 1. The number of nitrogens with two attached hydrogens (primary N) is 1. The van der Waals surface area contributed by atoms with Crippen molar-refractivity contribution in [3.8, 4) is 5.75 Å². The van der Waals surface area contributed by atoms with Crippen LogP contribution < -0.4 is 15.2 Å². The zero-order chi connectivity index (χ0) is 21.4. The zero-order valence-corrected chi connectivity index (χ0v) is 17.1. The van der Waals surface area contributed by atoms with E-state index in [1.54, 1.807) is 0 Å². The zero-order valence-electron chi connectivity index (χ0n) is 16.3. The number of carbonyl (C=O) groups is 2. The van der Waals surface area contributed by atoms with Crippen molar-refractivity contribution in [1.82, 2.24) is 5.32 Å². The maximum absolute atomic E-state index is 12.3. The number of primary sulfonamides is 1. The molecule has 2 rings (SSSR count). The van der Waals surface area contributed by atoms with Crippen LogP contribution in [0.2, 0.25) is 0 Å². The quantitative estimate of drug-likeness (QED) is 0.594. The van der Waals surface area contributed by atoms with Gasteiger partial charge in [-0.15, -0.1) is 0 Å². The number of ether oxygens (including phenoxy) is 2. The van der Waals surface area contributed by atoms with E-state index in [2.05, 4.69) is 5.32 Å². The summed E-state index contributed by atoms with van der Waals surface area (Å²) in [5.74, 6) is -1.24. The van der Waals surface area contributed by atoms with E-state index in [4.69, 9.17) is 14.6 Å². The molecule has 2 aromatic rings. The molecule has 2 aromatic carbocycles. The number of sulfonamides is 1. The molecule has 0 fully saturated rings. The van der Waals surface area contributed by atoms with Crippen LogP contribution in [0, 0.1) is 0 Å². The highest BCUT2D eigenvalue weighted by Gasteiger charge is 2.19. The number of hydrogen-bond donors (Lipinski definition) is 2. The number of rotatable bonds is 9. The van der Waals surface area contributed by atoms with Crippen LogP contribution in [0.3, 0.4) is 0 Å². The van der Waals surface area contributed by atoms with Gasteiger partial charge in [0.25, 0.3) is 5.91 Å².